The predicted octanol–water partition coefficient (Wildman–Crippen LogP) is 12.9. The number of fused-ring (bicyclic) bond motifs is 9. The highest BCUT2D eigenvalue weighted by molar-refractivity contribution is 7.19. The number of hydrogen-bond acceptors (Lipinski definition) is 0. The normalized spacial score (nSPS) is 11.9. The van der Waals surface area contributed by atoms with Gasteiger partial charge in [0.2, 0.25) is 0 Å². The van der Waals surface area contributed by atoms with Crippen molar-refractivity contribution in [2.45, 2.75) is 0 Å². The van der Waals surface area contributed by atoms with Crippen LogP contribution in [0.25, 0.3) is 87.3 Å². The van der Waals surface area contributed by atoms with Gasteiger partial charge in [0.25, 0.3) is 0 Å². The molecule has 3 heterocycles. The van der Waals surface area contributed by atoms with E-state index in [1.54, 1.807) is 0 Å². The van der Waals surface area contributed by atoms with Crippen molar-refractivity contribution in [2.24, 2.45) is 0 Å². The molecule has 0 bridgehead atoms. The van der Waals surface area contributed by atoms with Crippen LogP contribution in [0.15, 0.2) is 243 Å². The number of benzene rings is 10. The second-order valence-electron chi connectivity index (χ2n) is 17.1. The lowest BCUT2D eigenvalue weighted by Crippen LogP contribution is -2.74. The van der Waals surface area contributed by atoms with Crippen molar-refractivity contribution in [3.63, 3.8) is 0 Å². The van der Waals surface area contributed by atoms with Crippen LogP contribution in [0.2, 0.25) is 0 Å². The molecule has 0 unspecified atom stereocenters. The first-order chi connectivity index (χ1) is 32.7. The molecule has 13 aromatic rings. The first-order valence-corrected chi connectivity index (χ1v) is 24.5. The second kappa shape index (κ2) is 15.0. The van der Waals surface area contributed by atoms with Crippen molar-refractivity contribution in [3.8, 4) is 17.1 Å². The Kier molecular flexibility index (Phi) is 8.57. The van der Waals surface area contributed by atoms with Gasteiger partial charge >= 0.3 is 0 Å². The minimum atomic E-state index is -2.69. The Hall–Kier alpha value is -8.69. The molecule has 0 atom stereocenters. The van der Waals surface area contributed by atoms with Crippen molar-refractivity contribution in [1.82, 2.24) is 13.7 Å². The summed E-state index contributed by atoms with van der Waals surface area (Å²) >= 11 is 0. The van der Waals surface area contributed by atoms with E-state index in [9.17, 15) is 0 Å². The molecule has 66 heavy (non-hydrogen) atoms. The van der Waals surface area contributed by atoms with Crippen LogP contribution in [0.5, 0.6) is 0 Å². The van der Waals surface area contributed by atoms with Crippen LogP contribution in [0.3, 0.4) is 0 Å². The monoisotopic (exact) mass is 856 g/mol. The fourth-order valence-electron chi connectivity index (χ4n) is 11.1. The molecular formula is C61H40N4Si. The van der Waals surface area contributed by atoms with Crippen LogP contribution < -0.4 is 20.7 Å². The summed E-state index contributed by atoms with van der Waals surface area (Å²) in [4.78, 5) is 3.80. The molecule has 0 spiro atoms. The zero-order chi connectivity index (χ0) is 43.8. The van der Waals surface area contributed by atoms with E-state index in [2.05, 4.69) is 249 Å². The minimum absolute atomic E-state index is 0.633. The Morgan fingerprint density at radius 2 is 0.758 bits per heavy atom. The van der Waals surface area contributed by atoms with Gasteiger partial charge in [0.1, 0.15) is 0 Å². The van der Waals surface area contributed by atoms with Gasteiger partial charge in [0.05, 0.1) is 39.8 Å². The highest BCUT2D eigenvalue weighted by Crippen LogP contribution is 2.41. The molecule has 13 rings (SSSR count). The zero-order valence-electron chi connectivity index (χ0n) is 35.9. The average molecular weight is 857 g/mol. The maximum absolute atomic E-state index is 7.80. The van der Waals surface area contributed by atoms with Gasteiger partial charge in [-0.05, 0) is 87.5 Å². The topological polar surface area (TPSA) is 19.1 Å². The third kappa shape index (κ3) is 5.49. The Morgan fingerprint density at radius 3 is 1.38 bits per heavy atom. The standard InChI is InChI=1S/C61H40N4Si/c1-62-42-32-38-51-49-24-11-14-27-54(49)64(60(51)40-42)44-35-39-57-53(41-44)50-25-12-15-28-55(50)65(57)59-31-17-30-58-61(59)52-26-13-16-29-56(52)63(58)43-33-36-48(37-34-43)66(45-18-5-2-6-19-45,46-20-7-3-8-21-46)47-22-9-4-10-23-47/h2-41H. The van der Waals surface area contributed by atoms with Gasteiger partial charge in [-0.2, -0.15) is 0 Å². The molecule has 0 fully saturated rings. The summed E-state index contributed by atoms with van der Waals surface area (Å²) in [6.45, 7) is 7.80. The molecule has 10 aromatic carbocycles. The first kappa shape index (κ1) is 37.8. The van der Waals surface area contributed by atoms with Crippen molar-refractivity contribution in [2.75, 3.05) is 0 Å². The van der Waals surface area contributed by atoms with Gasteiger partial charge < -0.3 is 13.7 Å². The summed E-state index contributed by atoms with van der Waals surface area (Å²) in [5, 5.41) is 12.5. The Morgan fingerprint density at radius 1 is 0.303 bits per heavy atom. The van der Waals surface area contributed by atoms with Crippen LogP contribution in [-0.2, 0) is 0 Å². The average Bonchev–Trinajstić information content (AvgIpc) is 4.03. The van der Waals surface area contributed by atoms with Crippen LogP contribution in [-0.4, -0.2) is 21.8 Å². The molecular weight excluding hydrogens is 817 g/mol. The van der Waals surface area contributed by atoms with Crippen molar-refractivity contribution in [1.29, 1.82) is 0 Å². The Balaban J connectivity index is 1.01. The molecule has 0 radical (unpaired) electrons. The lowest BCUT2D eigenvalue weighted by atomic mass is 10.1. The van der Waals surface area contributed by atoms with Gasteiger partial charge in [0.15, 0.2) is 13.8 Å². The van der Waals surface area contributed by atoms with Crippen molar-refractivity contribution >= 4 is 99.9 Å². The van der Waals surface area contributed by atoms with Crippen LogP contribution in [0.1, 0.15) is 0 Å². The summed E-state index contributed by atoms with van der Waals surface area (Å²) in [5.41, 5.74) is 10.7. The highest BCUT2D eigenvalue weighted by atomic mass is 28.3. The van der Waals surface area contributed by atoms with E-state index in [4.69, 9.17) is 6.57 Å². The number of para-hydroxylation sites is 3. The molecule has 3 aromatic heterocycles. The number of aromatic nitrogens is 3. The molecule has 0 aliphatic heterocycles. The molecule has 0 aliphatic rings. The summed E-state index contributed by atoms with van der Waals surface area (Å²) in [6, 6.07) is 88.6. The quantitative estimate of drug-likeness (QED) is 0.0864. The lowest BCUT2D eigenvalue weighted by Gasteiger charge is -2.34. The SMILES string of the molecule is [C-]#[N+]c1ccc2c3ccccc3n(-c3ccc4c(c3)c3ccccc3n4-c3cccc4c3c3ccccc3n4-c3ccc([Si](c4ccccc4)(c4ccccc4)c4ccccc4)cc3)c2c1. The molecule has 0 aliphatic carbocycles. The maximum Gasteiger partial charge on any atom is 0.189 e. The predicted molar refractivity (Wildman–Crippen MR) is 279 cm³/mol. The summed E-state index contributed by atoms with van der Waals surface area (Å²) < 4.78 is 7.22. The molecule has 0 saturated carbocycles. The van der Waals surface area contributed by atoms with Crippen LogP contribution in [0.4, 0.5) is 5.69 Å². The Labute approximate surface area is 382 Å². The third-order valence-corrected chi connectivity index (χ3v) is 18.6. The number of rotatable bonds is 7. The number of hydrogen-bond donors (Lipinski definition) is 0. The largest absolute Gasteiger partial charge is 0.310 e. The summed E-state index contributed by atoms with van der Waals surface area (Å²) in [5.74, 6) is 0. The van der Waals surface area contributed by atoms with Crippen molar-refractivity contribution < 1.29 is 0 Å². The lowest BCUT2D eigenvalue weighted by molar-refractivity contribution is 1.16. The van der Waals surface area contributed by atoms with E-state index in [1.807, 2.05) is 12.1 Å². The summed E-state index contributed by atoms with van der Waals surface area (Å²) in [6.07, 6.45) is 0. The van der Waals surface area contributed by atoms with Crippen LogP contribution in [0, 0.1) is 6.57 Å². The van der Waals surface area contributed by atoms with Gasteiger partial charge in [0, 0.05) is 49.2 Å². The molecule has 0 saturated heterocycles. The van der Waals surface area contributed by atoms with E-state index in [0.29, 0.717) is 5.69 Å². The van der Waals surface area contributed by atoms with E-state index < -0.39 is 8.07 Å². The Bertz CT molecular complexity index is 3950. The summed E-state index contributed by atoms with van der Waals surface area (Å²) in [7, 11) is -2.69. The fraction of sp³-hybridized carbons (Fsp3) is 0. The molecule has 0 amide bonds. The zero-order valence-corrected chi connectivity index (χ0v) is 36.9. The molecule has 0 N–H and O–H groups in total. The highest BCUT2D eigenvalue weighted by Gasteiger charge is 2.41. The maximum atomic E-state index is 7.80. The third-order valence-electron chi connectivity index (χ3n) is 13.8. The fourth-order valence-corrected chi connectivity index (χ4v) is 15.8. The van der Waals surface area contributed by atoms with E-state index in [1.165, 1.54) is 53.2 Å². The van der Waals surface area contributed by atoms with E-state index >= 15 is 0 Å². The van der Waals surface area contributed by atoms with Gasteiger partial charge in [-0.15, -0.1) is 0 Å². The van der Waals surface area contributed by atoms with E-state index in [0.717, 1.165) is 50.0 Å². The smallest absolute Gasteiger partial charge is 0.189 e. The minimum Gasteiger partial charge on any atom is -0.310 e. The molecule has 5 heteroatoms. The van der Waals surface area contributed by atoms with E-state index in [-0.39, 0.29) is 0 Å². The van der Waals surface area contributed by atoms with Crippen molar-refractivity contribution in [3.05, 3.63) is 254 Å². The first-order valence-electron chi connectivity index (χ1n) is 22.5. The number of nitrogens with zero attached hydrogens (tertiary/aromatic N) is 4. The van der Waals surface area contributed by atoms with Crippen LogP contribution >= 0.6 is 0 Å². The van der Waals surface area contributed by atoms with Gasteiger partial charge in [-0.3, -0.25) is 0 Å². The van der Waals surface area contributed by atoms with Gasteiger partial charge in [-0.1, -0.05) is 176 Å². The van der Waals surface area contributed by atoms with Gasteiger partial charge in [-0.25, -0.2) is 4.85 Å². The molecule has 308 valence electrons. The molecule has 4 nitrogen and oxygen atoms in total. The second-order valence-corrected chi connectivity index (χ2v) is 20.9.